The topological polar surface area (TPSA) is 177 Å². The molecule has 2 aromatic carbocycles. The average molecular weight is 847 g/mol. The second-order valence-electron chi connectivity index (χ2n) is 19.1. The van der Waals surface area contributed by atoms with Crippen molar-refractivity contribution in [2.24, 2.45) is 45.3 Å². The van der Waals surface area contributed by atoms with Gasteiger partial charge < -0.3 is 34.6 Å². The van der Waals surface area contributed by atoms with Crippen LogP contribution in [0.3, 0.4) is 0 Å². The van der Waals surface area contributed by atoms with Crippen molar-refractivity contribution in [2.75, 3.05) is 14.2 Å². The van der Waals surface area contributed by atoms with E-state index in [1.165, 1.54) is 28.1 Å². The first-order valence-electron chi connectivity index (χ1n) is 21.5. The molecule has 10 atom stereocenters. The van der Waals surface area contributed by atoms with Gasteiger partial charge in [0, 0.05) is 25.7 Å². The fourth-order valence-corrected chi connectivity index (χ4v) is 12.3. The highest BCUT2D eigenvalue weighted by Gasteiger charge is 2.60. The number of esters is 4. The molecule has 61 heavy (non-hydrogen) atoms. The third-order valence-corrected chi connectivity index (χ3v) is 15.3. The average Bonchev–Trinajstić information content (AvgIpc) is 3.17. The van der Waals surface area contributed by atoms with E-state index in [0.29, 0.717) is 0 Å². The molecule has 2 saturated carbocycles. The van der Waals surface area contributed by atoms with Crippen LogP contribution in [0.5, 0.6) is 11.5 Å². The Kier molecular flexibility index (Phi) is 15.1. The predicted octanol–water partition coefficient (Wildman–Crippen LogP) is 9.69. The first-order chi connectivity index (χ1) is 28.1. The van der Waals surface area contributed by atoms with Crippen LogP contribution < -0.4 is 0 Å². The van der Waals surface area contributed by atoms with Gasteiger partial charge in [0.05, 0.1) is 25.0 Å². The Morgan fingerprint density at radius 1 is 0.607 bits per heavy atom. The van der Waals surface area contributed by atoms with E-state index in [-0.39, 0.29) is 75.4 Å². The maximum absolute atomic E-state index is 12.8. The van der Waals surface area contributed by atoms with Gasteiger partial charge in [-0.15, -0.1) is 0 Å². The van der Waals surface area contributed by atoms with Crippen LogP contribution in [0.25, 0.3) is 0 Å². The number of phenols is 2. The molecule has 0 unspecified atom stereocenters. The Labute approximate surface area is 362 Å². The fourth-order valence-electron chi connectivity index (χ4n) is 12.3. The van der Waals surface area contributed by atoms with Crippen LogP contribution in [0.1, 0.15) is 141 Å². The number of carbonyl (C=O) groups excluding carboxylic acids is 4. The molecule has 0 bridgehead atoms. The molecular formula is C50H70O11. The maximum Gasteiger partial charge on any atom is 0.311 e. The van der Waals surface area contributed by atoms with Crippen LogP contribution in [-0.4, -0.2) is 53.8 Å². The number of methoxy groups -OCH3 is 2. The molecule has 4 aliphatic carbocycles. The smallest absolute Gasteiger partial charge is 0.311 e. The van der Waals surface area contributed by atoms with E-state index < -0.39 is 23.0 Å². The lowest BCUT2D eigenvalue weighted by molar-refractivity contribution is -0.173. The van der Waals surface area contributed by atoms with Gasteiger partial charge in [-0.25, -0.2) is 0 Å². The largest absolute Gasteiger partial charge is 0.508 e. The molecule has 11 heteroatoms. The third kappa shape index (κ3) is 9.13. The third-order valence-electron chi connectivity index (χ3n) is 15.3. The predicted molar refractivity (Wildman–Crippen MR) is 233 cm³/mol. The van der Waals surface area contributed by atoms with E-state index in [1.807, 2.05) is 52.0 Å². The molecule has 0 aromatic heterocycles. The molecule has 336 valence electrons. The van der Waals surface area contributed by atoms with Gasteiger partial charge in [-0.3, -0.25) is 19.2 Å². The number of carbonyl (C=O) groups is 4. The van der Waals surface area contributed by atoms with E-state index in [4.69, 9.17) is 18.9 Å². The number of aromatic hydroxyl groups is 2. The normalized spacial score (nSPS) is 31.3. The van der Waals surface area contributed by atoms with E-state index in [2.05, 4.69) is 39.8 Å². The van der Waals surface area contributed by atoms with Crippen LogP contribution in [0.4, 0.5) is 0 Å². The standard InChI is InChI=1S/2C25H34O5.H2O/c2*1-15-8-10-18(14-19(15)27)22(30-17(3)26)21-16(2)9-11-20-24(21,4)12-7-13-25(20,5)23(28)29-6;/h2*8-10,14,20-22,27H,7,11-13H2,1-6H3;1H2/t2*20-,21-,22+,24+,25+;/m11./s1. The highest BCUT2D eigenvalue weighted by molar-refractivity contribution is 5.78. The van der Waals surface area contributed by atoms with Crippen molar-refractivity contribution in [1.82, 2.24) is 0 Å². The van der Waals surface area contributed by atoms with Crippen molar-refractivity contribution in [3.8, 4) is 11.5 Å². The second-order valence-corrected chi connectivity index (χ2v) is 19.1. The molecule has 0 heterocycles. The molecule has 0 amide bonds. The van der Waals surface area contributed by atoms with Gasteiger partial charge in [0.2, 0.25) is 0 Å². The Morgan fingerprint density at radius 2 is 0.951 bits per heavy atom. The minimum atomic E-state index is -0.576. The zero-order chi connectivity index (χ0) is 44.5. The summed E-state index contributed by atoms with van der Waals surface area (Å²) in [6.45, 7) is 19.2. The first kappa shape index (κ1) is 49.0. The van der Waals surface area contributed by atoms with Crippen molar-refractivity contribution in [3.05, 3.63) is 82.0 Å². The molecule has 2 aromatic rings. The molecule has 4 N–H and O–H groups in total. The van der Waals surface area contributed by atoms with Crippen molar-refractivity contribution < 1.29 is 53.8 Å². The SMILES string of the molecule is COC(=O)[C@@]1(C)CCC[C@]2(C)[C@@H]([C@@H](OC(C)=O)c3ccc(C)c(O)c3)C(C)=CC[C@H]21.COC(=O)[C@@]1(C)CCC[C@]2(C)[C@@H]([C@@H](OC(C)=O)c3ccc(C)c(O)c3)C(C)=CC[C@H]21.O. The highest BCUT2D eigenvalue weighted by Crippen LogP contribution is 2.64. The molecule has 2 fully saturated rings. The van der Waals surface area contributed by atoms with Crippen LogP contribution in [0.15, 0.2) is 59.7 Å². The molecule has 6 rings (SSSR count). The summed E-state index contributed by atoms with van der Waals surface area (Å²) in [5.74, 6) is -0.690. The summed E-state index contributed by atoms with van der Waals surface area (Å²) in [5.41, 5.74) is 3.77. The minimum absolute atomic E-state index is 0. The summed E-state index contributed by atoms with van der Waals surface area (Å²) < 4.78 is 22.2. The fraction of sp³-hybridized carbons (Fsp3) is 0.600. The number of fused-ring (bicyclic) bond motifs is 2. The highest BCUT2D eigenvalue weighted by atomic mass is 16.5. The molecule has 0 spiro atoms. The summed E-state index contributed by atoms with van der Waals surface area (Å²) in [5, 5.41) is 20.6. The number of hydrogen-bond donors (Lipinski definition) is 2. The number of rotatable bonds is 8. The zero-order valence-corrected chi connectivity index (χ0v) is 38.4. The number of aryl methyl sites for hydroxylation is 2. The molecule has 11 nitrogen and oxygen atoms in total. The quantitative estimate of drug-likeness (QED) is 0.148. The van der Waals surface area contributed by atoms with Crippen LogP contribution in [0.2, 0.25) is 0 Å². The summed E-state index contributed by atoms with van der Waals surface area (Å²) >= 11 is 0. The van der Waals surface area contributed by atoms with Gasteiger partial charge in [-0.2, -0.15) is 0 Å². The van der Waals surface area contributed by atoms with Gasteiger partial charge in [0.15, 0.2) is 0 Å². The Hall–Kier alpha value is -4.64. The number of hydrogen-bond acceptors (Lipinski definition) is 10. The van der Waals surface area contributed by atoms with Gasteiger partial charge in [-0.05, 0) is 137 Å². The lowest BCUT2D eigenvalue weighted by atomic mass is 9.47. The van der Waals surface area contributed by atoms with Crippen LogP contribution >= 0.6 is 0 Å². The lowest BCUT2D eigenvalue weighted by Gasteiger charge is -2.57. The van der Waals surface area contributed by atoms with Crippen molar-refractivity contribution in [2.45, 2.75) is 133 Å². The van der Waals surface area contributed by atoms with Crippen molar-refractivity contribution in [3.63, 3.8) is 0 Å². The van der Waals surface area contributed by atoms with E-state index in [9.17, 15) is 29.4 Å². The lowest BCUT2D eigenvalue weighted by Crippen LogP contribution is -2.54. The number of ether oxygens (including phenoxy) is 4. The van der Waals surface area contributed by atoms with Crippen molar-refractivity contribution >= 4 is 23.9 Å². The number of benzene rings is 2. The minimum Gasteiger partial charge on any atom is -0.508 e. The summed E-state index contributed by atoms with van der Waals surface area (Å²) in [6.07, 6.45) is 10.2. The van der Waals surface area contributed by atoms with E-state index >= 15 is 0 Å². The zero-order valence-electron chi connectivity index (χ0n) is 38.4. The number of phenolic OH excluding ortho intramolecular Hbond substituents is 2. The molecular weight excluding hydrogens is 777 g/mol. The van der Waals surface area contributed by atoms with Gasteiger partial charge >= 0.3 is 23.9 Å². The Balaban J connectivity index is 0.000000264. The maximum atomic E-state index is 12.8. The van der Waals surface area contributed by atoms with Crippen molar-refractivity contribution in [1.29, 1.82) is 0 Å². The van der Waals surface area contributed by atoms with Crippen LogP contribution in [0, 0.1) is 59.2 Å². The van der Waals surface area contributed by atoms with Gasteiger partial charge in [0.1, 0.15) is 23.7 Å². The summed E-state index contributed by atoms with van der Waals surface area (Å²) in [4.78, 5) is 49.8. The molecule has 0 saturated heterocycles. The first-order valence-corrected chi connectivity index (χ1v) is 21.5. The number of allylic oxidation sites excluding steroid dienone is 2. The van der Waals surface area contributed by atoms with Gasteiger partial charge in [-0.1, -0.05) is 74.3 Å². The second kappa shape index (κ2) is 18.8. The monoisotopic (exact) mass is 846 g/mol. The van der Waals surface area contributed by atoms with E-state index in [1.54, 1.807) is 12.1 Å². The Bertz CT molecular complexity index is 1890. The molecule has 4 aliphatic rings. The summed E-state index contributed by atoms with van der Waals surface area (Å²) in [7, 11) is 2.91. The van der Waals surface area contributed by atoms with Gasteiger partial charge in [0.25, 0.3) is 0 Å². The molecule has 0 aliphatic heterocycles. The van der Waals surface area contributed by atoms with Crippen LogP contribution in [-0.2, 0) is 38.1 Å². The Morgan fingerprint density at radius 3 is 1.25 bits per heavy atom. The molecule has 0 radical (unpaired) electrons. The van der Waals surface area contributed by atoms with E-state index in [0.717, 1.165) is 84.8 Å². The summed E-state index contributed by atoms with van der Waals surface area (Å²) in [6, 6.07) is 10.9.